The van der Waals surface area contributed by atoms with Gasteiger partial charge in [-0.15, -0.1) is 5.10 Å². The highest BCUT2D eigenvalue weighted by Gasteiger charge is 2.16. The predicted molar refractivity (Wildman–Crippen MR) is 71.1 cm³/mol. The molecular formula is C11H10BrN3O3S. The van der Waals surface area contributed by atoms with Crippen LogP contribution in [0.2, 0.25) is 0 Å². The SMILES string of the molecule is CCOC(=O)c1nnc(Sc2cc(C)c(Br)cn2)o1. The third-order valence-electron chi connectivity index (χ3n) is 2.07. The third-order valence-corrected chi connectivity index (χ3v) is 3.67. The molecule has 0 bridgehead atoms. The van der Waals surface area contributed by atoms with Crippen molar-refractivity contribution < 1.29 is 13.9 Å². The number of hydrogen-bond acceptors (Lipinski definition) is 7. The maximum Gasteiger partial charge on any atom is 0.396 e. The van der Waals surface area contributed by atoms with Crippen LogP contribution in [0.15, 0.2) is 31.4 Å². The Balaban J connectivity index is 2.11. The summed E-state index contributed by atoms with van der Waals surface area (Å²) >= 11 is 4.56. The van der Waals surface area contributed by atoms with Crippen LogP contribution in [0.5, 0.6) is 0 Å². The number of pyridine rings is 1. The number of carbonyl (C=O) groups excluding carboxylic acids is 1. The first-order valence-corrected chi connectivity index (χ1v) is 7.01. The summed E-state index contributed by atoms with van der Waals surface area (Å²) in [5.41, 5.74) is 1.04. The molecular weight excluding hydrogens is 334 g/mol. The van der Waals surface area contributed by atoms with Crippen LogP contribution in [0, 0.1) is 6.92 Å². The number of esters is 1. The van der Waals surface area contributed by atoms with Crippen molar-refractivity contribution in [2.75, 3.05) is 6.61 Å². The Hall–Kier alpha value is -1.41. The summed E-state index contributed by atoms with van der Waals surface area (Å²) in [4.78, 5) is 15.6. The van der Waals surface area contributed by atoms with Gasteiger partial charge in [0.1, 0.15) is 5.03 Å². The summed E-state index contributed by atoms with van der Waals surface area (Å²) < 4.78 is 10.9. The standard InChI is InChI=1S/C11H10BrN3O3S/c1-3-17-10(16)9-14-15-11(18-9)19-8-4-6(2)7(12)5-13-8/h4-5H,3H2,1-2H3. The van der Waals surface area contributed by atoms with Gasteiger partial charge < -0.3 is 9.15 Å². The lowest BCUT2D eigenvalue weighted by atomic mass is 10.3. The second-order valence-electron chi connectivity index (χ2n) is 3.47. The van der Waals surface area contributed by atoms with E-state index in [1.165, 1.54) is 11.8 Å². The molecule has 2 aromatic heterocycles. The molecule has 6 nitrogen and oxygen atoms in total. The zero-order chi connectivity index (χ0) is 13.8. The van der Waals surface area contributed by atoms with E-state index in [9.17, 15) is 4.79 Å². The fourth-order valence-corrected chi connectivity index (χ4v) is 2.12. The van der Waals surface area contributed by atoms with E-state index < -0.39 is 5.97 Å². The second kappa shape index (κ2) is 6.16. The molecule has 0 aliphatic rings. The lowest BCUT2D eigenvalue weighted by molar-refractivity contribution is 0.0475. The van der Waals surface area contributed by atoms with Gasteiger partial charge in [-0.1, -0.05) is 5.10 Å². The smallest absolute Gasteiger partial charge is 0.396 e. The molecule has 0 radical (unpaired) electrons. The Bertz CT molecular complexity index is 603. The van der Waals surface area contributed by atoms with Crippen molar-refractivity contribution in [3.05, 3.63) is 28.2 Å². The number of carbonyl (C=O) groups is 1. The molecule has 2 rings (SSSR count). The van der Waals surface area contributed by atoms with Crippen molar-refractivity contribution in [3.63, 3.8) is 0 Å². The van der Waals surface area contributed by atoms with Gasteiger partial charge in [0, 0.05) is 10.7 Å². The summed E-state index contributed by atoms with van der Waals surface area (Å²) in [6.45, 7) is 3.92. The van der Waals surface area contributed by atoms with Crippen molar-refractivity contribution in [3.8, 4) is 0 Å². The average molecular weight is 344 g/mol. The van der Waals surface area contributed by atoms with Gasteiger partial charge in [0.05, 0.1) is 6.61 Å². The molecule has 0 fully saturated rings. The first-order valence-electron chi connectivity index (χ1n) is 5.40. The van der Waals surface area contributed by atoms with Crippen LogP contribution in [0.25, 0.3) is 0 Å². The minimum absolute atomic E-state index is 0.154. The molecule has 0 unspecified atom stereocenters. The highest BCUT2D eigenvalue weighted by atomic mass is 79.9. The highest BCUT2D eigenvalue weighted by Crippen LogP contribution is 2.27. The summed E-state index contributed by atoms with van der Waals surface area (Å²) in [5.74, 6) is -0.778. The second-order valence-corrected chi connectivity index (χ2v) is 5.29. The molecule has 19 heavy (non-hydrogen) atoms. The number of aryl methyl sites for hydroxylation is 1. The van der Waals surface area contributed by atoms with Crippen LogP contribution in [-0.2, 0) is 4.74 Å². The van der Waals surface area contributed by atoms with Gasteiger partial charge in [0.25, 0.3) is 5.22 Å². The minimum atomic E-state index is -0.623. The van der Waals surface area contributed by atoms with Crippen LogP contribution in [-0.4, -0.2) is 27.8 Å². The topological polar surface area (TPSA) is 78.1 Å². The zero-order valence-corrected chi connectivity index (χ0v) is 12.6. The molecule has 0 N–H and O–H groups in total. The van der Waals surface area contributed by atoms with Crippen LogP contribution in [0.4, 0.5) is 0 Å². The van der Waals surface area contributed by atoms with Gasteiger partial charge in [-0.3, -0.25) is 0 Å². The van der Waals surface area contributed by atoms with Crippen LogP contribution >= 0.6 is 27.7 Å². The van der Waals surface area contributed by atoms with Crippen LogP contribution in [0.3, 0.4) is 0 Å². The summed E-state index contributed by atoms with van der Waals surface area (Å²) in [6.07, 6.45) is 1.69. The summed E-state index contributed by atoms with van der Waals surface area (Å²) in [7, 11) is 0. The van der Waals surface area contributed by atoms with Crippen molar-refractivity contribution >= 4 is 33.7 Å². The molecule has 100 valence electrons. The van der Waals surface area contributed by atoms with E-state index in [2.05, 4.69) is 31.1 Å². The van der Waals surface area contributed by atoms with E-state index in [0.29, 0.717) is 5.03 Å². The lowest BCUT2D eigenvalue weighted by Crippen LogP contribution is -2.04. The number of rotatable bonds is 4. The Morgan fingerprint density at radius 2 is 2.32 bits per heavy atom. The lowest BCUT2D eigenvalue weighted by Gasteiger charge is -1.99. The first kappa shape index (κ1) is 14.0. The average Bonchev–Trinajstić information content (AvgIpc) is 2.83. The molecule has 2 aromatic rings. The predicted octanol–water partition coefficient (Wildman–Crippen LogP) is 2.86. The fourth-order valence-electron chi connectivity index (χ4n) is 1.19. The van der Waals surface area contributed by atoms with Crippen molar-refractivity contribution in [2.45, 2.75) is 24.1 Å². The largest absolute Gasteiger partial charge is 0.459 e. The minimum Gasteiger partial charge on any atom is -0.459 e. The molecule has 0 aromatic carbocycles. The molecule has 0 aliphatic heterocycles. The van der Waals surface area contributed by atoms with E-state index in [-0.39, 0.29) is 17.7 Å². The fraction of sp³-hybridized carbons (Fsp3) is 0.273. The first-order chi connectivity index (χ1) is 9.10. The van der Waals surface area contributed by atoms with E-state index in [1.54, 1.807) is 13.1 Å². The Morgan fingerprint density at radius 3 is 3.00 bits per heavy atom. The van der Waals surface area contributed by atoms with Gasteiger partial charge in [0.15, 0.2) is 0 Å². The van der Waals surface area contributed by atoms with Gasteiger partial charge in [-0.25, -0.2) is 9.78 Å². The van der Waals surface area contributed by atoms with Crippen molar-refractivity contribution in [1.82, 2.24) is 15.2 Å². The molecule has 8 heteroatoms. The Morgan fingerprint density at radius 1 is 1.53 bits per heavy atom. The van der Waals surface area contributed by atoms with E-state index in [4.69, 9.17) is 9.15 Å². The third kappa shape index (κ3) is 3.54. The van der Waals surface area contributed by atoms with Crippen molar-refractivity contribution in [2.24, 2.45) is 0 Å². The van der Waals surface area contributed by atoms with E-state index in [1.807, 2.05) is 13.0 Å². The molecule has 0 aliphatic carbocycles. The molecule has 0 spiro atoms. The normalized spacial score (nSPS) is 10.5. The quantitative estimate of drug-likeness (QED) is 0.789. The Kier molecular flexibility index (Phi) is 4.54. The van der Waals surface area contributed by atoms with Crippen molar-refractivity contribution in [1.29, 1.82) is 0 Å². The number of hydrogen-bond donors (Lipinski definition) is 0. The van der Waals surface area contributed by atoms with Gasteiger partial charge >= 0.3 is 11.9 Å². The van der Waals surface area contributed by atoms with Gasteiger partial charge in [0.2, 0.25) is 0 Å². The summed E-state index contributed by atoms with van der Waals surface area (Å²) in [6, 6.07) is 1.88. The summed E-state index contributed by atoms with van der Waals surface area (Å²) in [5, 5.41) is 8.34. The zero-order valence-electron chi connectivity index (χ0n) is 10.2. The number of aromatic nitrogens is 3. The molecule has 0 saturated carbocycles. The maximum atomic E-state index is 11.4. The van der Waals surface area contributed by atoms with Gasteiger partial charge in [-0.05, 0) is 53.2 Å². The molecule has 2 heterocycles. The van der Waals surface area contributed by atoms with Crippen LogP contribution in [0.1, 0.15) is 23.2 Å². The van der Waals surface area contributed by atoms with E-state index >= 15 is 0 Å². The molecule has 0 amide bonds. The molecule has 0 atom stereocenters. The Labute approximate surface area is 122 Å². The van der Waals surface area contributed by atoms with Crippen LogP contribution < -0.4 is 0 Å². The maximum absolute atomic E-state index is 11.4. The van der Waals surface area contributed by atoms with E-state index in [0.717, 1.165) is 10.0 Å². The van der Waals surface area contributed by atoms with Gasteiger partial charge in [-0.2, -0.15) is 0 Å². The monoisotopic (exact) mass is 343 g/mol. The molecule has 0 saturated heterocycles. The number of halogens is 1. The number of ether oxygens (including phenoxy) is 1. The number of nitrogens with zero attached hydrogens (tertiary/aromatic N) is 3. The highest BCUT2D eigenvalue weighted by molar-refractivity contribution is 9.10.